The number of hydrogen-bond acceptors (Lipinski definition) is 3. The number of nitrogens with zero attached hydrogens (tertiary/aromatic N) is 1. The SMILES string of the molecule is Cc1cccc(N2C(=O)/C(=C\c3ccc(C)s3)NC2=S)c1. The van der Waals surface area contributed by atoms with E-state index in [0.29, 0.717) is 10.8 Å². The molecule has 1 aromatic heterocycles. The van der Waals surface area contributed by atoms with E-state index in [9.17, 15) is 4.79 Å². The van der Waals surface area contributed by atoms with Gasteiger partial charge in [0.2, 0.25) is 0 Å². The van der Waals surface area contributed by atoms with Crippen LogP contribution in [-0.4, -0.2) is 11.0 Å². The maximum Gasteiger partial charge on any atom is 0.281 e. The van der Waals surface area contributed by atoms with Crippen LogP contribution in [0, 0.1) is 13.8 Å². The number of carbonyl (C=O) groups is 1. The first-order chi connectivity index (χ1) is 10.0. The largest absolute Gasteiger partial charge is 0.327 e. The van der Waals surface area contributed by atoms with E-state index in [2.05, 4.69) is 5.32 Å². The predicted octanol–water partition coefficient (Wildman–Crippen LogP) is 3.63. The van der Waals surface area contributed by atoms with Crippen LogP contribution in [-0.2, 0) is 4.79 Å². The van der Waals surface area contributed by atoms with Crippen molar-refractivity contribution in [3.05, 3.63) is 57.4 Å². The minimum Gasteiger partial charge on any atom is -0.327 e. The van der Waals surface area contributed by atoms with E-state index in [4.69, 9.17) is 12.2 Å². The third-order valence-electron chi connectivity index (χ3n) is 3.19. The van der Waals surface area contributed by atoms with Gasteiger partial charge in [-0.15, -0.1) is 11.3 Å². The summed E-state index contributed by atoms with van der Waals surface area (Å²) in [6.45, 7) is 4.03. The van der Waals surface area contributed by atoms with E-state index in [1.165, 1.54) is 9.78 Å². The Kier molecular flexibility index (Phi) is 3.61. The van der Waals surface area contributed by atoms with Crippen LogP contribution in [0.4, 0.5) is 5.69 Å². The molecule has 1 fully saturated rings. The number of nitrogens with one attached hydrogen (secondary N) is 1. The van der Waals surface area contributed by atoms with Crippen LogP contribution in [0.1, 0.15) is 15.3 Å². The molecule has 0 atom stereocenters. The summed E-state index contributed by atoms with van der Waals surface area (Å²) in [7, 11) is 0. The van der Waals surface area contributed by atoms with Crippen LogP contribution in [0.15, 0.2) is 42.1 Å². The quantitative estimate of drug-likeness (QED) is 0.678. The van der Waals surface area contributed by atoms with Gasteiger partial charge >= 0.3 is 0 Å². The zero-order valence-electron chi connectivity index (χ0n) is 11.7. The lowest BCUT2D eigenvalue weighted by molar-refractivity contribution is -0.113. The summed E-state index contributed by atoms with van der Waals surface area (Å²) >= 11 is 6.94. The Labute approximate surface area is 132 Å². The molecule has 1 aliphatic rings. The van der Waals surface area contributed by atoms with E-state index in [-0.39, 0.29) is 5.91 Å². The second-order valence-electron chi connectivity index (χ2n) is 4.92. The summed E-state index contributed by atoms with van der Waals surface area (Å²) < 4.78 is 0. The van der Waals surface area contributed by atoms with Gasteiger partial charge in [0.15, 0.2) is 5.11 Å². The second kappa shape index (κ2) is 5.42. The molecule has 0 aliphatic carbocycles. The molecule has 3 rings (SSSR count). The summed E-state index contributed by atoms with van der Waals surface area (Å²) in [6.07, 6.45) is 1.85. The van der Waals surface area contributed by atoms with E-state index in [1.807, 2.05) is 56.3 Å². The van der Waals surface area contributed by atoms with Crippen LogP contribution in [0.3, 0.4) is 0 Å². The zero-order valence-corrected chi connectivity index (χ0v) is 13.3. The highest BCUT2D eigenvalue weighted by Crippen LogP contribution is 2.25. The Hall–Kier alpha value is -1.98. The third kappa shape index (κ3) is 2.75. The van der Waals surface area contributed by atoms with E-state index >= 15 is 0 Å². The minimum atomic E-state index is -0.114. The summed E-state index contributed by atoms with van der Waals surface area (Å²) in [4.78, 5) is 16.3. The number of anilines is 1. The normalized spacial score (nSPS) is 16.7. The van der Waals surface area contributed by atoms with Crippen molar-refractivity contribution in [2.75, 3.05) is 4.90 Å². The highest BCUT2D eigenvalue weighted by molar-refractivity contribution is 7.80. The third-order valence-corrected chi connectivity index (χ3v) is 4.42. The summed E-state index contributed by atoms with van der Waals surface area (Å²) in [5.41, 5.74) is 2.40. The first kappa shape index (κ1) is 14.0. The van der Waals surface area contributed by atoms with Crippen LogP contribution >= 0.6 is 23.6 Å². The van der Waals surface area contributed by atoms with Gasteiger partial charge in [-0.3, -0.25) is 9.69 Å². The Balaban J connectivity index is 1.94. The summed E-state index contributed by atoms with van der Waals surface area (Å²) in [6, 6.07) is 11.8. The lowest BCUT2D eigenvalue weighted by atomic mass is 10.2. The summed E-state index contributed by atoms with van der Waals surface area (Å²) in [5, 5.41) is 3.43. The molecular weight excluding hydrogens is 300 g/mol. The molecule has 2 aromatic rings. The second-order valence-corrected chi connectivity index (χ2v) is 6.62. The van der Waals surface area contributed by atoms with E-state index < -0.39 is 0 Å². The van der Waals surface area contributed by atoms with Gasteiger partial charge in [0.25, 0.3) is 5.91 Å². The van der Waals surface area contributed by atoms with Gasteiger partial charge in [0.1, 0.15) is 5.70 Å². The Morgan fingerprint density at radius 3 is 2.71 bits per heavy atom. The average Bonchev–Trinajstić information content (AvgIpc) is 2.94. The molecule has 1 aromatic carbocycles. The Morgan fingerprint density at radius 2 is 2.05 bits per heavy atom. The van der Waals surface area contributed by atoms with Crippen molar-refractivity contribution < 1.29 is 4.79 Å². The van der Waals surface area contributed by atoms with Gasteiger partial charge < -0.3 is 5.32 Å². The number of hydrogen-bond donors (Lipinski definition) is 1. The number of amides is 1. The van der Waals surface area contributed by atoms with Gasteiger partial charge in [0, 0.05) is 9.75 Å². The first-order valence-electron chi connectivity index (χ1n) is 6.55. The van der Waals surface area contributed by atoms with Crippen molar-refractivity contribution >= 4 is 46.3 Å². The molecule has 5 heteroatoms. The fourth-order valence-electron chi connectivity index (χ4n) is 2.21. The molecule has 106 valence electrons. The fraction of sp³-hybridized carbons (Fsp3) is 0.125. The smallest absolute Gasteiger partial charge is 0.281 e. The zero-order chi connectivity index (χ0) is 15.0. The Bertz CT molecular complexity index is 761. The monoisotopic (exact) mass is 314 g/mol. The average molecular weight is 314 g/mol. The molecule has 0 spiro atoms. The molecule has 0 unspecified atom stereocenters. The lowest BCUT2D eigenvalue weighted by Gasteiger charge is -2.14. The molecule has 1 N–H and O–H groups in total. The molecule has 0 bridgehead atoms. The Morgan fingerprint density at radius 1 is 1.24 bits per heavy atom. The highest BCUT2D eigenvalue weighted by Gasteiger charge is 2.31. The number of carbonyl (C=O) groups excluding carboxylic acids is 1. The summed E-state index contributed by atoms with van der Waals surface area (Å²) in [5.74, 6) is -0.114. The molecule has 1 aliphatic heterocycles. The lowest BCUT2D eigenvalue weighted by Crippen LogP contribution is -2.30. The van der Waals surface area contributed by atoms with Crippen LogP contribution in [0.25, 0.3) is 6.08 Å². The van der Waals surface area contributed by atoms with Crippen LogP contribution in [0.5, 0.6) is 0 Å². The van der Waals surface area contributed by atoms with Crippen LogP contribution in [0.2, 0.25) is 0 Å². The van der Waals surface area contributed by atoms with Gasteiger partial charge in [0.05, 0.1) is 5.69 Å². The molecule has 21 heavy (non-hydrogen) atoms. The van der Waals surface area contributed by atoms with Crippen molar-refractivity contribution in [1.29, 1.82) is 0 Å². The topological polar surface area (TPSA) is 32.3 Å². The number of rotatable bonds is 2. The van der Waals surface area contributed by atoms with Crippen LogP contribution < -0.4 is 10.2 Å². The molecule has 0 radical (unpaired) electrons. The molecule has 3 nitrogen and oxygen atoms in total. The molecule has 1 amide bonds. The number of thiophene rings is 1. The van der Waals surface area contributed by atoms with Gasteiger partial charge in [-0.1, -0.05) is 12.1 Å². The maximum absolute atomic E-state index is 12.6. The van der Waals surface area contributed by atoms with Gasteiger partial charge in [-0.05, 0) is 62.0 Å². The molecule has 1 saturated heterocycles. The minimum absolute atomic E-state index is 0.114. The van der Waals surface area contributed by atoms with Crippen molar-refractivity contribution in [3.8, 4) is 0 Å². The van der Waals surface area contributed by atoms with E-state index in [0.717, 1.165) is 16.1 Å². The van der Waals surface area contributed by atoms with Crippen molar-refractivity contribution in [2.45, 2.75) is 13.8 Å². The van der Waals surface area contributed by atoms with Crippen molar-refractivity contribution in [3.63, 3.8) is 0 Å². The number of benzene rings is 1. The molecule has 0 saturated carbocycles. The highest BCUT2D eigenvalue weighted by atomic mass is 32.1. The number of thiocarbonyl (C=S) groups is 1. The van der Waals surface area contributed by atoms with E-state index in [1.54, 1.807) is 11.3 Å². The fourth-order valence-corrected chi connectivity index (χ4v) is 3.33. The standard InChI is InChI=1S/C16H14N2OS2/c1-10-4-3-5-12(8-10)18-15(19)14(17-16(18)20)9-13-7-6-11(2)21-13/h3-9H,1-2H3,(H,17,20)/b14-9+. The number of aryl methyl sites for hydroxylation is 2. The molecule has 2 heterocycles. The van der Waals surface area contributed by atoms with Crippen molar-refractivity contribution in [1.82, 2.24) is 5.32 Å². The van der Waals surface area contributed by atoms with Gasteiger partial charge in [-0.2, -0.15) is 0 Å². The maximum atomic E-state index is 12.6. The van der Waals surface area contributed by atoms with Crippen molar-refractivity contribution in [2.24, 2.45) is 0 Å². The molecular formula is C16H14N2OS2. The first-order valence-corrected chi connectivity index (χ1v) is 7.77. The van der Waals surface area contributed by atoms with Gasteiger partial charge in [-0.25, -0.2) is 0 Å². The predicted molar refractivity (Wildman–Crippen MR) is 91.4 cm³/mol.